The molecule has 0 aliphatic carbocycles. The van der Waals surface area contributed by atoms with E-state index in [-0.39, 0.29) is 17.1 Å². The molecule has 0 fully saturated rings. The molecule has 0 aliphatic rings. The highest BCUT2D eigenvalue weighted by Crippen LogP contribution is 2.30. The van der Waals surface area contributed by atoms with Crippen molar-refractivity contribution >= 4 is 11.0 Å². The Morgan fingerprint density at radius 3 is 2.52 bits per heavy atom. The molecule has 0 bridgehead atoms. The molecule has 0 saturated carbocycles. The van der Waals surface area contributed by atoms with Crippen LogP contribution >= 0.6 is 0 Å². The molecular weight excluding hydrogens is 380 g/mol. The highest BCUT2D eigenvalue weighted by Gasteiger charge is 2.14. The van der Waals surface area contributed by atoms with E-state index in [1.165, 1.54) is 19.2 Å². The highest BCUT2D eigenvalue weighted by atomic mass is 19.3. The molecule has 1 heterocycles. The van der Waals surface area contributed by atoms with Crippen LogP contribution in [0.4, 0.5) is 8.78 Å². The van der Waals surface area contributed by atoms with Crippen LogP contribution in [-0.2, 0) is 13.1 Å². The average molecular weight is 403 g/mol. The molecular formula is C22H23F2NO4. The number of aryl methyl sites for hydroxylation is 2. The van der Waals surface area contributed by atoms with Crippen LogP contribution in [0.1, 0.15) is 22.3 Å². The lowest BCUT2D eigenvalue weighted by Crippen LogP contribution is -2.18. The number of hydrogen-bond donors (Lipinski definition) is 0. The molecule has 0 saturated heterocycles. The molecule has 0 aliphatic heterocycles. The molecule has 1 aromatic heterocycles. The van der Waals surface area contributed by atoms with Crippen LogP contribution in [0.5, 0.6) is 11.5 Å². The maximum absolute atomic E-state index is 12.5. The molecule has 3 rings (SSSR count). The third kappa shape index (κ3) is 4.74. The number of methoxy groups -OCH3 is 1. The Bertz CT molecular complexity index is 1080. The van der Waals surface area contributed by atoms with Gasteiger partial charge in [0.05, 0.1) is 7.11 Å². The Morgan fingerprint density at radius 1 is 1.07 bits per heavy atom. The van der Waals surface area contributed by atoms with Gasteiger partial charge in [-0.3, -0.25) is 4.90 Å². The molecule has 0 atom stereocenters. The second-order valence-electron chi connectivity index (χ2n) is 7.01. The molecule has 29 heavy (non-hydrogen) atoms. The van der Waals surface area contributed by atoms with E-state index in [2.05, 4.69) is 4.74 Å². The summed E-state index contributed by atoms with van der Waals surface area (Å²) in [6.45, 7) is 2.04. The molecule has 0 radical (unpaired) electrons. The lowest BCUT2D eigenvalue weighted by atomic mass is 10.0. The minimum absolute atomic E-state index is 0.00795. The zero-order chi connectivity index (χ0) is 21.1. The summed E-state index contributed by atoms with van der Waals surface area (Å²) in [6.07, 6.45) is 0. The minimum atomic E-state index is -2.91. The number of nitrogens with zero attached hydrogens (tertiary/aromatic N) is 1. The van der Waals surface area contributed by atoms with E-state index in [0.29, 0.717) is 18.7 Å². The third-order valence-electron chi connectivity index (χ3n) is 4.85. The number of ether oxygens (including phenoxy) is 2. The quantitative estimate of drug-likeness (QED) is 0.538. The van der Waals surface area contributed by atoms with E-state index in [0.717, 1.165) is 27.6 Å². The van der Waals surface area contributed by atoms with E-state index in [1.54, 1.807) is 12.1 Å². The lowest BCUT2D eigenvalue weighted by molar-refractivity contribution is -0.0512. The average Bonchev–Trinajstić information content (AvgIpc) is 2.65. The smallest absolute Gasteiger partial charge is 0.387 e. The van der Waals surface area contributed by atoms with Gasteiger partial charge < -0.3 is 13.9 Å². The van der Waals surface area contributed by atoms with Gasteiger partial charge in [0.15, 0.2) is 11.5 Å². The predicted octanol–water partition coefficient (Wildman–Crippen LogP) is 4.65. The van der Waals surface area contributed by atoms with Gasteiger partial charge in [0.25, 0.3) is 0 Å². The number of rotatable bonds is 7. The van der Waals surface area contributed by atoms with Crippen molar-refractivity contribution < 1.29 is 22.7 Å². The Kier molecular flexibility index (Phi) is 6.17. The van der Waals surface area contributed by atoms with E-state index in [9.17, 15) is 13.6 Å². The second-order valence-corrected chi connectivity index (χ2v) is 7.01. The van der Waals surface area contributed by atoms with Gasteiger partial charge in [0.1, 0.15) is 5.58 Å². The van der Waals surface area contributed by atoms with Crippen molar-refractivity contribution in [3.63, 3.8) is 0 Å². The van der Waals surface area contributed by atoms with Gasteiger partial charge in [-0.15, -0.1) is 0 Å². The third-order valence-corrected chi connectivity index (χ3v) is 4.85. The number of halogens is 2. The van der Waals surface area contributed by atoms with Crippen LogP contribution in [-0.4, -0.2) is 25.7 Å². The van der Waals surface area contributed by atoms with Gasteiger partial charge in [0.2, 0.25) is 0 Å². The summed E-state index contributed by atoms with van der Waals surface area (Å²) in [5.41, 5.74) is 3.96. The molecule has 0 spiro atoms. The molecule has 7 heteroatoms. The van der Waals surface area contributed by atoms with Gasteiger partial charge in [-0.2, -0.15) is 8.78 Å². The van der Waals surface area contributed by atoms with Crippen molar-refractivity contribution in [3.05, 3.63) is 69.1 Å². The van der Waals surface area contributed by atoms with Crippen LogP contribution < -0.4 is 15.1 Å². The first kappa shape index (κ1) is 20.8. The molecule has 154 valence electrons. The molecule has 0 unspecified atom stereocenters. The predicted molar refractivity (Wildman–Crippen MR) is 107 cm³/mol. The normalized spacial score (nSPS) is 11.4. The maximum Gasteiger partial charge on any atom is 0.387 e. The van der Waals surface area contributed by atoms with Crippen LogP contribution in [0.15, 0.2) is 45.6 Å². The van der Waals surface area contributed by atoms with Crippen molar-refractivity contribution in [2.45, 2.75) is 33.5 Å². The second kappa shape index (κ2) is 8.61. The van der Waals surface area contributed by atoms with Crippen LogP contribution in [0.3, 0.4) is 0 Å². The van der Waals surface area contributed by atoms with Gasteiger partial charge in [-0.05, 0) is 55.3 Å². The fourth-order valence-electron chi connectivity index (χ4n) is 3.32. The summed E-state index contributed by atoms with van der Waals surface area (Å²) < 4.78 is 40.0. The van der Waals surface area contributed by atoms with Crippen LogP contribution in [0.25, 0.3) is 11.0 Å². The number of fused-ring (bicyclic) bond motifs is 1. The molecule has 0 N–H and O–H groups in total. The standard InChI is InChI=1S/C22H23F2NO4/c1-13-5-7-17-16(10-20(26)29-21(17)14(13)2)12-25(3)11-15-6-8-18(28-22(23)24)19(9-15)27-4/h5-10,22H,11-12H2,1-4H3. The number of alkyl halides is 2. The first-order valence-corrected chi connectivity index (χ1v) is 9.11. The van der Waals surface area contributed by atoms with Gasteiger partial charge in [-0.25, -0.2) is 4.79 Å². The van der Waals surface area contributed by atoms with E-state index < -0.39 is 6.61 Å². The van der Waals surface area contributed by atoms with E-state index in [1.807, 2.05) is 37.9 Å². The Morgan fingerprint density at radius 2 is 1.83 bits per heavy atom. The highest BCUT2D eigenvalue weighted by molar-refractivity contribution is 5.83. The summed E-state index contributed by atoms with van der Waals surface area (Å²) in [5, 5.41) is 0.901. The molecule has 3 aromatic rings. The fraction of sp³-hybridized carbons (Fsp3) is 0.318. The summed E-state index contributed by atoms with van der Waals surface area (Å²) in [6, 6.07) is 10.3. The summed E-state index contributed by atoms with van der Waals surface area (Å²) in [7, 11) is 3.32. The summed E-state index contributed by atoms with van der Waals surface area (Å²) in [4.78, 5) is 14.1. The topological polar surface area (TPSA) is 51.9 Å². The maximum atomic E-state index is 12.5. The zero-order valence-corrected chi connectivity index (χ0v) is 16.8. The Hall–Kier alpha value is -2.93. The fourth-order valence-corrected chi connectivity index (χ4v) is 3.32. The van der Waals surface area contributed by atoms with Gasteiger partial charge >= 0.3 is 12.2 Å². The molecule has 2 aromatic carbocycles. The van der Waals surface area contributed by atoms with Gasteiger partial charge in [0, 0.05) is 24.5 Å². The first-order valence-electron chi connectivity index (χ1n) is 9.11. The van der Waals surface area contributed by atoms with Crippen LogP contribution in [0.2, 0.25) is 0 Å². The van der Waals surface area contributed by atoms with Crippen molar-refractivity contribution in [2.75, 3.05) is 14.2 Å². The van der Waals surface area contributed by atoms with E-state index in [4.69, 9.17) is 9.15 Å². The summed E-state index contributed by atoms with van der Waals surface area (Å²) in [5.74, 6) is 0.236. The largest absolute Gasteiger partial charge is 0.493 e. The summed E-state index contributed by atoms with van der Waals surface area (Å²) >= 11 is 0. The zero-order valence-electron chi connectivity index (χ0n) is 16.8. The van der Waals surface area contributed by atoms with E-state index >= 15 is 0 Å². The Balaban J connectivity index is 1.84. The SMILES string of the molecule is COc1cc(CN(C)Cc2cc(=O)oc3c(C)c(C)ccc23)ccc1OC(F)F. The first-order chi connectivity index (χ1) is 13.8. The number of hydrogen-bond acceptors (Lipinski definition) is 5. The van der Waals surface area contributed by atoms with Crippen molar-refractivity contribution in [3.8, 4) is 11.5 Å². The lowest BCUT2D eigenvalue weighted by Gasteiger charge is -2.19. The van der Waals surface area contributed by atoms with Crippen LogP contribution in [0, 0.1) is 13.8 Å². The van der Waals surface area contributed by atoms with Crippen molar-refractivity contribution in [1.82, 2.24) is 4.90 Å². The number of benzene rings is 2. The van der Waals surface area contributed by atoms with Gasteiger partial charge in [-0.1, -0.05) is 18.2 Å². The Labute approximate surface area is 167 Å². The molecule has 5 nitrogen and oxygen atoms in total. The monoisotopic (exact) mass is 403 g/mol. The minimum Gasteiger partial charge on any atom is -0.493 e. The van der Waals surface area contributed by atoms with Crippen molar-refractivity contribution in [1.29, 1.82) is 0 Å². The molecule has 0 amide bonds. The van der Waals surface area contributed by atoms with Crippen molar-refractivity contribution in [2.24, 2.45) is 0 Å².